The van der Waals surface area contributed by atoms with Gasteiger partial charge in [0.2, 0.25) is 0 Å². The first kappa shape index (κ1) is 23.8. The van der Waals surface area contributed by atoms with E-state index in [4.69, 9.17) is 13.9 Å². The number of furan rings is 1. The molecule has 4 rings (SSSR count). The fraction of sp³-hybridized carbons (Fsp3) is 0.111. The molecule has 35 heavy (non-hydrogen) atoms. The van der Waals surface area contributed by atoms with Crippen molar-refractivity contribution in [3.05, 3.63) is 84.5 Å². The minimum atomic E-state index is -4.84. The third kappa shape index (κ3) is 4.68. The molecule has 0 bridgehead atoms. The van der Waals surface area contributed by atoms with Gasteiger partial charge in [-0.25, -0.2) is 9.59 Å². The van der Waals surface area contributed by atoms with E-state index >= 15 is 0 Å². The van der Waals surface area contributed by atoms with Gasteiger partial charge < -0.3 is 13.9 Å². The molecule has 0 atom stereocenters. The Balaban J connectivity index is 1.77. The van der Waals surface area contributed by atoms with E-state index in [0.717, 1.165) is 11.6 Å². The number of hydrogen-bond donors (Lipinski definition) is 0. The van der Waals surface area contributed by atoms with Crippen LogP contribution in [0.3, 0.4) is 0 Å². The lowest BCUT2D eigenvalue weighted by atomic mass is 10.0. The third-order valence-corrected chi connectivity index (χ3v) is 5.18. The maximum Gasteiger partial charge on any atom is 0.423 e. The zero-order valence-electron chi connectivity index (χ0n) is 18.8. The van der Waals surface area contributed by atoms with Gasteiger partial charge in [0.1, 0.15) is 22.6 Å². The first-order chi connectivity index (χ1) is 16.5. The van der Waals surface area contributed by atoms with Crippen molar-refractivity contribution in [2.24, 2.45) is 0 Å². The van der Waals surface area contributed by atoms with E-state index in [1.807, 2.05) is 0 Å². The largest absolute Gasteiger partial charge is 0.455 e. The molecule has 4 aromatic rings. The Morgan fingerprint density at radius 2 is 1.37 bits per heavy atom. The van der Waals surface area contributed by atoms with Crippen molar-refractivity contribution in [3.8, 4) is 22.6 Å². The molecule has 0 fully saturated rings. The average molecular weight is 480 g/mol. The minimum absolute atomic E-state index is 0.0344. The summed E-state index contributed by atoms with van der Waals surface area (Å²) < 4.78 is 57.6. The molecule has 1 heterocycles. The van der Waals surface area contributed by atoms with E-state index in [1.54, 1.807) is 42.5 Å². The van der Waals surface area contributed by atoms with Crippen molar-refractivity contribution in [3.63, 3.8) is 0 Å². The molecule has 8 heteroatoms. The van der Waals surface area contributed by atoms with Gasteiger partial charge in [-0.15, -0.1) is 0 Å². The lowest BCUT2D eigenvalue weighted by Crippen LogP contribution is -2.14. The molecule has 3 aromatic carbocycles. The third-order valence-electron chi connectivity index (χ3n) is 5.18. The van der Waals surface area contributed by atoms with E-state index in [0.29, 0.717) is 16.7 Å². The number of halogens is 3. The zero-order valence-corrected chi connectivity index (χ0v) is 18.8. The molecule has 5 nitrogen and oxygen atoms in total. The molecule has 0 N–H and O–H groups in total. The number of benzene rings is 3. The van der Waals surface area contributed by atoms with Crippen LogP contribution >= 0.6 is 0 Å². The van der Waals surface area contributed by atoms with Gasteiger partial charge in [-0.05, 0) is 61.4 Å². The highest BCUT2D eigenvalue weighted by Gasteiger charge is 2.39. The van der Waals surface area contributed by atoms with E-state index < -0.39 is 35.0 Å². The smallest absolute Gasteiger partial charge is 0.423 e. The summed E-state index contributed by atoms with van der Waals surface area (Å²) >= 11 is 0. The van der Waals surface area contributed by atoms with Crippen molar-refractivity contribution < 1.29 is 36.7 Å². The molecule has 178 valence electrons. The fourth-order valence-corrected chi connectivity index (χ4v) is 3.45. The zero-order chi connectivity index (χ0) is 25.5. The van der Waals surface area contributed by atoms with Gasteiger partial charge in [-0.3, -0.25) is 0 Å². The monoisotopic (exact) mass is 480 g/mol. The standard InChI is InChI=1S/C27H19F3O5/c1-14(2)25(31)33-18-8-5-16(6-9-18)17-7-10-19-20-11-12-21(35-26(32)15(3)4)23(27(28,29)30)24(20)34-22(19)13-17/h5-13H,1,3H2,2,4H3. The Morgan fingerprint density at radius 1 is 0.800 bits per heavy atom. The molecular formula is C27H19F3O5. The highest BCUT2D eigenvalue weighted by Crippen LogP contribution is 2.45. The van der Waals surface area contributed by atoms with Crippen molar-refractivity contribution in [2.75, 3.05) is 0 Å². The topological polar surface area (TPSA) is 65.7 Å². The number of carbonyl (C=O) groups is 2. The number of alkyl halides is 3. The van der Waals surface area contributed by atoms with Gasteiger partial charge in [0.15, 0.2) is 5.58 Å². The first-order valence-electron chi connectivity index (χ1n) is 10.4. The Bertz CT molecular complexity index is 1510. The minimum Gasteiger partial charge on any atom is -0.455 e. The van der Waals surface area contributed by atoms with Gasteiger partial charge >= 0.3 is 18.1 Å². The predicted molar refractivity (Wildman–Crippen MR) is 125 cm³/mol. The second-order valence-corrected chi connectivity index (χ2v) is 7.99. The lowest BCUT2D eigenvalue weighted by Gasteiger charge is -2.13. The lowest BCUT2D eigenvalue weighted by molar-refractivity contribution is -0.140. The summed E-state index contributed by atoms with van der Waals surface area (Å²) in [6, 6.07) is 14.2. The molecule has 0 radical (unpaired) electrons. The van der Waals surface area contributed by atoms with Crippen LogP contribution in [0.2, 0.25) is 0 Å². The maximum atomic E-state index is 14.0. The van der Waals surface area contributed by atoms with Gasteiger partial charge in [0, 0.05) is 21.9 Å². The summed E-state index contributed by atoms with van der Waals surface area (Å²) in [5.41, 5.74) is 0.258. The van der Waals surface area contributed by atoms with E-state index in [1.165, 1.54) is 19.9 Å². The highest BCUT2D eigenvalue weighted by molar-refractivity contribution is 6.08. The van der Waals surface area contributed by atoms with Gasteiger partial charge in [-0.2, -0.15) is 13.2 Å². The van der Waals surface area contributed by atoms with Crippen LogP contribution < -0.4 is 9.47 Å². The quantitative estimate of drug-likeness (QED) is 0.171. The Labute approximate surface area is 198 Å². The Hall–Kier alpha value is -4.33. The molecule has 0 aliphatic heterocycles. The highest BCUT2D eigenvalue weighted by atomic mass is 19.4. The van der Waals surface area contributed by atoms with Crippen LogP contribution in [0.1, 0.15) is 19.4 Å². The second-order valence-electron chi connectivity index (χ2n) is 7.99. The maximum absolute atomic E-state index is 14.0. The summed E-state index contributed by atoms with van der Waals surface area (Å²) in [5.74, 6) is -1.84. The summed E-state index contributed by atoms with van der Waals surface area (Å²) in [6.45, 7) is 9.81. The normalized spacial score (nSPS) is 11.5. The van der Waals surface area contributed by atoms with Crippen molar-refractivity contribution in [1.82, 2.24) is 0 Å². The average Bonchev–Trinajstić information content (AvgIpc) is 3.15. The van der Waals surface area contributed by atoms with Gasteiger partial charge in [-0.1, -0.05) is 31.4 Å². The summed E-state index contributed by atoms with van der Waals surface area (Å²) in [7, 11) is 0. The first-order valence-corrected chi connectivity index (χ1v) is 10.4. The van der Waals surface area contributed by atoms with Crippen LogP contribution in [0.4, 0.5) is 13.2 Å². The molecule has 0 saturated heterocycles. The van der Waals surface area contributed by atoms with Crippen LogP contribution in [0.5, 0.6) is 11.5 Å². The van der Waals surface area contributed by atoms with Crippen molar-refractivity contribution in [1.29, 1.82) is 0 Å². The van der Waals surface area contributed by atoms with Crippen molar-refractivity contribution in [2.45, 2.75) is 20.0 Å². The second kappa shape index (κ2) is 8.79. The molecule has 0 aliphatic rings. The van der Waals surface area contributed by atoms with Crippen molar-refractivity contribution >= 4 is 33.9 Å². The van der Waals surface area contributed by atoms with Crippen LogP contribution in [0.15, 0.2) is 83.3 Å². The summed E-state index contributed by atoms with van der Waals surface area (Å²) in [4.78, 5) is 23.5. The molecule has 0 saturated carbocycles. The molecule has 0 aliphatic carbocycles. The van der Waals surface area contributed by atoms with Gasteiger partial charge in [0.25, 0.3) is 0 Å². The van der Waals surface area contributed by atoms with Crippen LogP contribution in [-0.4, -0.2) is 11.9 Å². The number of fused-ring (bicyclic) bond motifs is 3. The Morgan fingerprint density at radius 3 is 1.97 bits per heavy atom. The van der Waals surface area contributed by atoms with Crippen LogP contribution in [0.25, 0.3) is 33.1 Å². The molecular weight excluding hydrogens is 461 g/mol. The molecule has 0 amide bonds. The predicted octanol–water partition coefficient (Wildman–Crippen LogP) is 7.23. The van der Waals surface area contributed by atoms with Gasteiger partial charge in [0.05, 0.1) is 0 Å². The SMILES string of the molecule is C=C(C)C(=O)Oc1ccc(-c2ccc3c(c2)oc2c(C(F)(F)F)c(OC(=O)C(=C)C)ccc23)cc1. The Kier molecular flexibility index (Phi) is 5.98. The van der Waals surface area contributed by atoms with Crippen LogP contribution in [-0.2, 0) is 15.8 Å². The molecule has 0 unspecified atom stereocenters. The molecule has 1 aromatic heterocycles. The summed E-state index contributed by atoms with van der Waals surface area (Å²) in [6.07, 6.45) is -4.84. The molecule has 0 spiro atoms. The number of esters is 2. The number of carbonyl (C=O) groups excluding carboxylic acids is 2. The van der Waals surface area contributed by atoms with E-state index in [-0.39, 0.29) is 22.1 Å². The summed E-state index contributed by atoms with van der Waals surface area (Å²) in [5, 5.41) is 0.704. The number of ether oxygens (including phenoxy) is 2. The van der Waals surface area contributed by atoms with E-state index in [2.05, 4.69) is 13.2 Å². The number of rotatable bonds is 5. The number of hydrogen-bond acceptors (Lipinski definition) is 5. The van der Waals surface area contributed by atoms with E-state index in [9.17, 15) is 22.8 Å². The fourth-order valence-electron chi connectivity index (χ4n) is 3.45. The van der Waals surface area contributed by atoms with Crippen LogP contribution in [0, 0.1) is 0 Å².